The molecule has 0 atom stereocenters. The van der Waals surface area contributed by atoms with E-state index < -0.39 is 0 Å². The number of phenols is 2. The number of hydrogen-bond acceptors (Lipinski definition) is 3. The van der Waals surface area contributed by atoms with Gasteiger partial charge in [-0.1, -0.05) is 18.2 Å². The van der Waals surface area contributed by atoms with Crippen LogP contribution in [0.2, 0.25) is 0 Å². The van der Waals surface area contributed by atoms with Crippen molar-refractivity contribution in [1.82, 2.24) is 0 Å². The number of anilines is 1. The van der Waals surface area contributed by atoms with Gasteiger partial charge in [0.15, 0.2) is 0 Å². The van der Waals surface area contributed by atoms with Gasteiger partial charge in [0.05, 0.1) is 0 Å². The molecule has 5 heteroatoms. The number of phenolic OH excluding ortho intramolecular Hbond substituents is 2. The van der Waals surface area contributed by atoms with Crippen molar-refractivity contribution in [3.63, 3.8) is 0 Å². The molecule has 0 saturated heterocycles. The predicted molar refractivity (Wildman–Crippen MR) is 79.9 cm³/mol. The second kappa shape index (κ2) is 9.45. The molecule has 2 rings (SSSR count). The van der Waals surface area contributed by atoms with Crippen molar-refractivity contribution in [2.24, 2.45) is 0 Å². The van der Waals surface area contributed by atoms with Crippen LogP contribution >= 0.6 is 24.8 Å². The van der Waals surface area contributed by atoms with Crippen LogP contribution in [-0.2, 0) is 0 Å². The summed E-state index contributed by atoms with van der Waals surface area (Å²) in [7, 11) is 0. The van der Waals surface area contributed by atoms with E-state index in [4.69, 9.17) is 15.9 Å². The lowest BCUT2D eigenvalue weighted by Gasteiger charge is -1.97. The first kappa shape index (κ1) is 18.8. The van der Waals surface area contributed by atoms with Crippen LogP contribution in [-0.4, -0.2) is 10.2 Å². The summed E-state index contributed by atoms with van der Waals surface area (Å²) < 4.78 is 0. The van der Waals surface area contributed by atoms with Gasteiger partial charge in [0.1, 0.15) is 11.5 Å². The van der Waals surface area contributed by atoms with E-state index in [0.717, 1.165) is 5.56 Å². The van der Waals surface area contributed by atoms with E-state index in [1.165, 1.54) is 0 Å². The minimum absolute atomic E-state index is 0. The smallest absolute Gasteiger partial charge is 0.115 e. The molecule has 4 N–H and O–H groups in total. The molecule has 2 aromatic carbocycles. The first-order valence-electron chi connectivity index (χ1n) is 4.88. The summed E-state index contributed by atoms with van der Waals surface area (Å²) in [4.78, 5) is 0. The van der Waals surface area contributed by atoms with Gasteiger partial charge in [-0.15, -0.1) is 24.8 Å². The van der Waals surface area contributed by atoms with Gasteiger partial charge in [0.2, 0.25) is 0 Å². The first-order chi connectivity index (χ1) is 7.59. The fraction of sp³-hybridized carbons (Fsp3) is 0.0769. The summed E-state index contributed by atoms with van der Waals surface area (Å²) in [5, 5.41) is 17.5. The topological polar surface area (TPSA) is 66.5 Å². The standard InChI is InChI=1S/C7H9NO.C6H6O.2ClH/c1-5-4-6(9)2-3-7(5)8;7-6-4-2-1-3-5-6;;/h2-4,9H,8H2,1H3;1-5,7H;2*1H. The number of para-hydroxylation sites is 1. The van der Waals surface area contributed by atoms with Gasteiger partial charge in [0.25, 0.3) is 0 Å². The van der Waals surface area contributed by atoms with Crippen molar-refractivity contribution in [3.8, 4) is 11.5 Å². The zero-order valence-corrected chi connectivity index (χ0v) is 11.5. The highest BCUT2D eigenvalue weighted by Crippen LogP contribution is 2.16. The highest BCUT2D eigenvalue weighted by molar-refractivity contribution is 5.85. The number of aromatic hydroxyl groups is 2. The SMILES string of the molecule is Cc1cc(O)ccc1N.Cl.Cl.Oc1ccccc1. The van der Waals surface area contributed by atoms with Crippen LogP contribution < -0.4 is 5.73 Å². The summed E-state index contributed by atoms with van der Waals surface area (Å²) in [6.45, 7) is 1.86. The van der Waals surface area contributed by atoms with Gasteiger partial charge in [-0.25, -0.2) is 0 Å². The third kappa shape index (κ3) is 6.89. The first-order valence-corrected chi connectivity index (χ1v) is 4.88. The average molecular weight is 290 g/mol. The van der Waals surface area contributed by atoms with E-state index in [2.05, 4.69) is 0 Å². The molecule has 0 spiro atoms. The summed E-state index contributed by atoms with van der Waals surface area (Å²) in [5.74, 6) is 0.587. The van der Waals surface area contributed by atoms with E-state index in [1.807, 2.05) is 13.0 Å². The Balaban J connectivity index is 0. The van der Waals surface area contributed by atoms with Crippen LogP contribution in [0.25, 0.3) is 0 Å². The second-order valence-electron chi connectivity index (χ2n) is 3.38. The maximum absolute atomic E-state index is 8.88. The van der Waals surface area contributed by atoms with Gasteiger partial charge in [0, 0.05) is 5.69 Å². The monoisotopic (exact) mass is 289 g/mol. The highest BCUT2D eigenvalue weighted by Gasteiger charge is 1.91. The average Bonchev–Trinajstić information content (AvgIpc) is 2.26. The lowest BCUT2D eigenvalue weighted by Crippen LogP contribution is -1.86. The molecule has 2 aromatic rings. The van der Waals surface area contributed by atoms with Crippen LogP contribution in [0.15, 0.2) is 48.5 Å². The van der Waals surface area contributed by atoms with Crippen LogP contribution in [0.1, 0.15) is 5.56 Å². The van der Waals surface area contributed by atoms with Crippen LogP contribution in [0.5, 0.6) is 11.5 Å². The number of rotatable bonds is 0. The molecule has 0 radical (unpaired) electrons. The molecule has 0 aliphatic heterocycles. The Morgan fingerprint density at radius 3 is 1.72 bits per heavy atom. The van der Waals surface area contributed by atoms with Gasteiger partial charge in [-0.2, -0.15) is 0 Å². The zero-order chi connectivity index (χ0) is 12.0. The summed E-state index contributed by atoms with van der Waals surface area (Å²) >= 11 is 0. The minimum atomic E-state index is 0. The van der Waals surface area contributed by atoms with E-state index in [0.29, 0.717) is 11.4 Å². The summed E-state index contributed by atoms with van der Waals surface area (Å²) in [6.07, 6.45) is 0. The molecule has 0 aliphatic rings. The van der Waals surface area contributed by atoms with Crippen molar-refractivity contribution in [3.05, 3.63) is 54.1 Å². The lowest BCUT2D eigenvalue weighted by atomic mass is 10.2. The molecular weight excluding hydrogens is 273 g/mol. The molecule has 0 fully saturated rings. The molecular formula is C13H17Cl2NO2. The number of aryl methyl sites for hydroxylation is 1. The Bertz CT molecular complexity index is 450. The highest BCUT2D eigenvalue weighted by atomic mass is 35.5. The number of halogens is 2. The van der Waals surface area contributed by atoms with Crippen molar-refractivity contribution < 1.29 is 10.2 Å². The third-order valence-corrected chi connectivity index (χ3v) is 2.01. The Morgan fingerprint density at radius 2 is 1.39 bits per heavy atom. The molecule has 0 aromatic heterocycles. The number of nitrogen functional groups attached to an aromatic ring is 1. The third-order valence-electron chi connectivity index (χ3n) is 2.01. The van der Waals surface area contributed by atoms with Crippen molar-refractivity contribution >= 4 is 30.5 Å². The zero-order valence-electron chi connectivity index (χ0n) is 9.91. The van der Waals surface area contributed by atoms with Gasteiger partial charge in [-0.05, 0) is 42.8 Å². The fourth-order valence-corrected chi connectivity index (χ4v) is 1.09. The quantitative estimate of drug-likeness (QED) is 0.513. The molecule has 0 aliphatic carbocycles. The lowest BCUT2D eigenvalue weighted by molar-refractivity contribution is 0.474. The number of benzene rings is 2. The largest absolute Gasteiger partial charge is 0.508 e. The Labute approximate surface area is 119 Å². The van der Waals surface area contributed by atoms with Gasteiger partial charge in [-0.3, -0.25) is 0 Å². The van der Waals surface area contributed by atoms with E-state index in [9.17, 15) is 0 Å². The van der Waals surface area contributed by atoms with Gasteiger partial charge >= 0.3 is 0 Å². The summed E-state index contributed by atoms with van der Waals surface area (Å²) in [5.41, 5.74) is 7.11. The van der Waals surface area contributed by atoms with Gasteiger partial charge < -0.3 is 15.9 Å². The summed E-state index contributed by atoms with van der Waals surface area (Å²) in [6, 6.07) is 13.6. The molecule has 100 valence electrons. The number of hydrogen-bond donors (Lipinski definition) is 3. The molecule has 0 heterocycles. The second-order valence-corrected chi connectivity index (χ2v) is 3.38. The molecule has 0 unspecified atom stereocenters. The molecule has 18 heavy (non-hydrogen) atoms. The fourth-order valence-electron chi connectivity index (χ4n) is 1.09. The van der Waals surface area contributed by atoms with E-state index in [-0.39, 0.29) is 30.6 Å². The minimum Gasteiger partial charge on any atom is -0.508 e. The van der Waals surface area contributed by atoms with Crippen LogP contribution in [0.4, 0.5) is 5.69 Å². The maximum atomic E-state index is 8.88. The predicted octanol–water partition coefficient (Wildman–Crippen LogP) is 3.52. The number of nitrogens with two attached hydrogens (primary N) is 1. The molecule has 3 nitrogen and oxygen atoms in total. The van der Waals surface area contributed by atoms with Crippen molar-refractivity contribution in [1.29, 1.82) is 0 Å². The molecule has 0 bridgehead atoms. The molecule has 0 saturated carbocycles. The Hall–Kier alpha value is -1.58. The maximum Gasteiger partial charge on any atom is 0.115 e. The normalized spacial score (nSPS) is 8.06. The van der Waals surface area contributed by atoms with Crippen molar-refractivity contribution in [2.45, 2.75) is 6.92 Å². The Morgan fingerprint density at radius 1 is 0.833 bits per heavy atom. The Kier molecular flexibility index (Phi) is 9.86. The van der Waals surface area contributed by atoms with Crippen LogP contribution in [0.3, 0.4) is 0 Å². The van der Waals surface area contributed by atoms with Crippen molar-refractivity contribution in [2.75, 3.05) is 5.73 Å². The van der Waals surface area contributed by atoms with E-state index in [1.54, 1.807) is 42.5 Å². The van der Waals surface area contributed by atoms with E-state index >= 15 is 0 Å². The van der Waals surface area contributed by atoms with Crippen LogP contribution in [0, 0.1) is 6.92 Å². The molecule has 0 amide bonds.